The molecule has 0 radical (unpaired) electrons. The van der Waals surface area contributed by atoms with E-state index >= 15 is 4.39 Å². The number of carbonyl (C=O) groups excluding carboxylic acids is 1. The highest BCUT2D eigenvalue weighted by Gasteiger charge is 2.32. The number of benzene rings is 2. The maximum Gasteiger partial charge on any atom is 0.337 e. The number of rotatable bonds is 6. The summed E-state index contributed by atoms with van der Waals surface area (Å²) >= 11 is 0. The number of hydrogen-bond donors (Lipinski definition) is 4. The number of carboxylic acids is 1. The van der Waals surface area contributed by atoms with E-state index in [0.29, 0.717) is 0 Å². The second-order valence-corrected chi connectivity index (χ2v) is 11.0. The van der Waals surface area contributed by atoms with Gasteiger partial charge >= 0.3 is 5.97 Å². The Morgan fingerprint density at radius 3 is 2.35 bits per heavy atom. The summed E-state index contributed by atoms with van der Waals surface area (Å²) in [5, 5.41) is 12.2. The SMILES string of the molecule is CC(C)(C)c1ccc(S(=O)(=O)Nc2c(N3CNc4ncc(C(=O)O)cc43)cc(F)c(C(N)=O)c2F)cc1. The average molecular weight is 532 g/mol. The normalized spacial score (nSPS) is 13.2. The van der Waals surface area contributed by atoms with Crippen LogP contribution < -0.4 is 20.7 Å². The smallest absolute Gasteiger partial charge is 0.337 e. The monoisotopic (exact) mass is 531 g/mol. The third kappa shape index (κ3) is 4.77. The van der Waals surface area contributed by atoms with Crippen molar-refractivity contribution >= 4 is 44.8 Å². The van der Waals surface area contributed by atoms with E-state index in [2.05, 4.69) is 15.0 Å². The molecule has 0 spiro atoms. The van der Waals surface area contributed by atoms with Crippen molar-refractivity contribution in [2.24, 2.45) is 5.73 Å². The fraction of sp³-hybridized carbons (Fsp3) is 0.208. The maximum absolute atomic E-state index is 15.5. The predicted octanol–water partition coefficient (Wildman–Crippen LogP) is 3.78. The number of carbonyl (C=O) groups is 2. The van der Waals surface area contributed by atoms with Crippen molar-refractivity contribution < 1.29 is 31.9 Å². The van der Waals surface area contributed by atoms with Crippen LogP contribution in [-0.4, -0.2) is 37.1 Å². The molecule has 37 heavy (non-hydrogen) atoms. The fourth-order valence-electron chi connectivity index (χ4n) is 3.84. The summed E-state index contributed by atoms with van der Waals surface area (Å²) in [5.41, 5.74) is 3.48. The van der Waals surface area contributed by atoms with Crippen LogP contribution in [0.2, 0.25) is 0 Å². The molecule has 0 fully saturated rings. The van der Waals surface area contributed by atoms with Crippen LogP contribution >= 0.6 is 0 Å². The zero-order valence-electron chi connectivity index (χ0n) is 20.0. The zero-order chi connectivity index (χ0) is 27.3. The minimum atomic E-state index is -4.43. The number of hydrogen-bond acceptors (Lipinski definition) is 7. The molecule has 2 heterocycles. The summed E-state index contributed by atoms with van der Waals surface area (Å²) in [5.74, 6) is -5.37. The summed E-state index contributed by atoms with van der Waals surface area (Å²) in [7, 11) is -4.43. The summed E-state index contributed by atoms with van der Waals surface area (Å²) in [6.07, 6.45) is 1.10. The Labute approximate surface area is 211 Å². The molecule has 0 saturated heterocycles. The van der Waals surface area contributed by atoms with Gasteiger partial charge in [-0.3, -0.25) is 9.52 Å². The number of anilines is 4. The van der Waals surface area contributed by atoms with Crippen molar-refractivity contribution in [3.05, 3.63) is 70.9 Å². The predicted molar refractivity (Wildman–Crippen MR) is 133 cm³/mol. The Bertz CT molecular complexity index is 1540. The van der Waals surface area contributed by atoms with Crippen LogP contribution in [-0.2, 0) is 15.4 Å². The third-order valence-corrected chi connectivity index (χ3v) is 7.18. The highest BCUT2D eigenvalue weighted by Crippen LogP contribution is 2.42. The Balaban J connectivity index is 1.86. The molecule has 3 aromatic rings. The Morgan fingerprint density at radius 2 is 1.78 bits per heavy atom. The lowest BCUT2D eigenvalue weighted by atomic mass is 9.87. The number of aromatic carboxylic acids is 1. The molecule has 0 aliphatic carbocycles. The van der Waals surface area contributed by atoms with Gasteiger partial charge in [-0.05, 0) is 29.2 Å². The largest absolute Gasteiger partial charge is 0.478 e. The van der Waals surface area contributed by atoms with Crippen molar-refractivity contribution in [3.8, 4) is 0 Å². The second-order valence-electron chi connectivity index (χ2n) is 9.35. The van der Waals surface area contributed by atoms with Crippen LogP contribution in [0, 0.1) is 11.6 Å². The third-order valence-electron chi connectivity index (χ3n) is 5.81. The van der Waals surface area contributed by atoms with Crippen LogP contribution in [0.3, 0.4) is 0 Å². The molecular formula is C24H23F2N5O5S. The molecule has 1 aromatic heterocycles. The lowest BCUT2D eigenvalue weighted by molar-refractivity contribution is 0.0696. The van der Waals surface area contributed by atoms with Crippen molar-refractivity contribution in [1.82, 2.24) is 4.98 Å². The van der Waals surface area contributed by atoms with E-state index in [9.17, 15) is 27.5 Å². The van der Waals surface area contributed by atoms with E-state index in [1.807, 2.05) is 20.8 Å². The van der Waals surface area contributed by atoms with Crippen LogP contribution in [0.5, 0.6) is 0 Å². The van der Waals surface area contributed by atoms with Gasteiger partial charge in [0.15, 0.2) is 11.6 Å². The minimum Gasteiger partial charge on any atom is -0.478 e. The first-order valence-corrected chi connectivity index (χ1v) is 12.4. The van der Waals surface area contributed by atoms with Gasteiger partial charge in [-0.2, -0.15) is 0 Å². The molecule has 1 aliphatic heterocycles. The standard InChI is InChI=1S/C24H23F2N5O5S/c1-24(2,3)13-4-6-14(7-5-13)37(35,36)30-20-16(9-15(25)18(19(20)26)21(27)32)31-11-29-22-17(31)8-12(10-28-22)23(33)34/h4-10,30H,11H2,1-3H3,(H2,27,32)(H,28,29)(H,33,34). The summed E-state index contributed by atoms with van der Waals surface area (Å²) in [6, 6.07) is 7.87. The van der Waals surface area contributed by atoms with Gasteiger partial charge in [-0.15, -0.1) is 0 Å². The molecule has 1 aliphatic rings. The fourth-order valence-corrected chi connectivity index (χ4v) is 4.91. The molecule has 0 atom stereocenters. The number of nitrogens with one attached hydrogen (secondary N) is 2. The molecule has 5 N–H and O–H groups in total. The van der Waals surface area contributed by atoms with Gasteiger partial charge in [0.25, 0.3) is 15.9 Å². The van der Waals surface area contributed by atoms with E-state index in [0.717, 1.165) is 17.8 Å². The van der Waals surface area contributed by atoms with Crippen molar-refractivity contribution in [2.75, 3.05) is 21.6 Å². The number of pyridine rings is 1. The van der Waals surface area contributed by atoms with E-state index in [-0.39, 0.29) is 39.7 Å². The van der Waals surface area contributed by atoms with Gasteiger partial charge in [-0.1, -0.05) is 32.9 Å². The van der Waals surface area contributed by atoms with Gasteiger partial charge in [0.05, 0.1) is 28.5 Å². The molecule has 2 aromatic carbocycles. The molecule has 4 rings (SSSR count). The first-order valence-electron chi connectivity index (χ1n) is 10.9. The van der Waals surface area contributed by atoms with Gasteiger partial charge in [-0.25, -0.2) is 27.0 Å². The molecule has 13 heteroatoms. The van der Waals surface area contributed by atoms with Crippen molar-refractivity contribution in [2.45, 2.75) is 31.1 Å². The first kappa shape index (κ1) is 25.8. The summed E-state index contributed by atoms with van der Waals surface area (Å²) in [4.78, 5) is 28.2. The second kappa shape index (κ2) is 9.00. The Hall–Kier alpha value is -4.26. The lowest BCUT2D eigenvalue weighted by Crippen LogP contribution is -2.24. The number of fused-ring (bicyclic) bond motifs is 1. The number of nitrogens with two attached hydrogens (primary N) is 1. The van der Waals surface area contributed by atoms with Crippen molar-refractivity contribution in [3.63, 3.8) is 0 Å². The number of aromatic nitrogens is 1. The van der Waals surface area contributed by atoms with Gasteiger partial charge in [0.1, 0.15) is 17.1 Å². The Morgan fingerprint density at radius 1 is 1.14 bits per heavy atom. The van der Waals surface area contributed by atoms with E-state index in [1.165, 1.54) is 23.1 Å². The number of halogens is 2. The van der Waals surface area contributed by atoms with Crippen molar-refractivity contribution in [1.29, 1.82) is 0 Å². The Kier molecular flexibility index (Phi) is 6.28. The van der Waals surface area contributed by atoms with Gasteiger partial charge < -0.3 is 21.1 Å². The maximum atomic E-state index is 15.5. The highest BCUT2D eigenvalue weighted by molar-refractivity contribution is 7.92. The molecule has 0 unspecified atom stereocenters. The highest BCUT2D eigenvalue weighted by atomic mass is 32.2. The van der Waals surface area contributed by atoms with Gasteiger partial charge in [0, 0.05) is 12.3 Å². The molecular weight excluding hydrogens is 508 g/mol. The van der Waals surface area contributed by atoms with Crippen LogP contribution in [0.1, 0.15) is 47.1 Å². The zero-order valence-corrected chi connectivity index (χ0v) is 20.8. The van der Waals surface area contributed by atoms with Crippen LogP contribution in [0.4, 0.5) is 31.7 Å². The quantitative estimate of drug-likeness (QED) is 0.375. The number of sulfonamides is 1. The summed E-state index contributed by atoms with van der Waals surface area (Å²) in [6.45, 7) is 5.72. The van der Waals surface area contributed by atoms with E-state index < -0.39 is 44.8 Å². The number of nitrogens with zero attached hydrogens (tertiary/aromatic N) is 2. The van der Waals surface area contributed by atoms with Crippen LogP contribution in [0.25, 0.3) is 0 Å². The molecule has 194 valence electrons. The molecule has 1 amide bonds. The van der Waals surface area contributed by atoms with Crippen LogP contribution in [0.15, 0.2) is 47.5 Å². The van der Waals surface area contributed by atoms with E-state index in [1.54, 1.807) is 12.1 Å². The number of amides is 1. The summed E-state index contributed by atoms with van der Waals surface area (Å²) < 4.78 is 58.9. The number of primary amides is 1. The molecule has 0 saturated carbocycles. The molecule has 10 nitrogen and oxygen atoms in total. The molecule has 0 bridgehead atoms. The topological polar surface area (TPSA) is 155 Å². The minimum absolute atomic E-state index is 0.125. The lowest BCUT2D eigenvalue weighted by Gasteiger charge is -2.24. The van der Waals surface area contributed by atoms with E-state index in [4.69, 9.17) is 5.73 Å². The first-order chi connectivity index (χ1) is 17.2. The average Bonchev–Trinajstić information content (AvgIpc) is 3.23. The van der Waals surface area contributed by atoms with Gasteiger partial charge in [0.2, 0.25) is 0 Å². The number of carboxylic acid groups (broad SMARTS) is 1.